The average molecular weight is 553 g/mol. The minimum Gasteiger partial charge on any atom is -0.478 e. The molecule has 1 saturated heterocycles. The van der Waals surface area contributed by atoms with Crippen LogP contribution in [0.5, 0.6) is 0 Å². The van der Waals surface area contributed by atoms with Crippen LogP contribution in [0.1, 0.15) is 63.0 Å². The monoisotopic (exact) mass is 551 g/mol. The first-order valence-corrected chi connectivity index (χ1v) is 14.0. The van der Waals surface area contributed by atoms with Gasteiger partial charge in [0.2, 0.25) is 0 Å². The fraction of sp³-hybridized carbons (Fsp3) is 0.344. The molecular formula is C32H32Cl2FNO2. The van der Waals surface area contributed by atoms with E-state index >= 15 is 0 Å². The van der Waals surface area contributed by atoms with Crippen LogP contribution in [-0.2, 0) is 12.8 Å². The second-order valence-corrected chi connectivity index (χ2v) is 11.4. The molecule has 0 radical (unpaired) electrons. The quantitative estimate of drug-likeness (QED) is 0.307. The third-order valence-electron chi connectivity index (χ3n) is 7.78. The van der Waals surface area contributed by atoms with E-state index in [0.29, 0.717) is 27.9 Å². The minimum atomic E-state index is -0.914. The van der Waals surface area contributed by atoms with E-state index in [1.807, 2.05) is 24.3 Å². The van der Waals surface area contributed by atoms with Crippen LogP contribution in [0.25, 0.3) is 11.1 Å². The molecule has 1 aliphatic carbocycles. The van der Waals surface area contributed by atoms with Crippen molar-refractivity contribution < 1.29 is 14.3 Å². The highest BCUT2D eigenvalue weighted by Gasteiger charge is 2.27. The molecule has 0 atom stereocenters. The maximum absolute atomic E-state index is 12.5. The molecule has 3 aromatic carbocycles. The van der Waals surface area contributed by atoms with E-state index in [4.69, 9.17) is 23.2 Å². The molecule has 6 heteroatoms. The van der Waals surface area contributed by atoms with Crippen LogP contribution >= 0.6 is 23.2 Å². The number of carbonyl (C=O) groups is 1. The molecule has 0 spiro atoms. The summed E-state index contributed by atoms with van der Waals surface area (Å²) in [4.78, 5) is 14.0. The summed E-state index contributed by atoms with van der Waals surface area (Å²) in [6.07, 6.45) is 4.15. The molecule has 198 valence electrons. The molecule has 38 heavy (non-hydrogen) atoms. The normalized spacial score (nSPS) is 16.2. The predicted octanol–water partition coefficient (Wildman–Crippen LogP) is 8.13. The predicted molar refractivity (Wildman–Crippen MR) is 154 cm³/mol. The lowest BCUT2D eigenvalue weighted by molar-refractivity contribution is 0.0696. The highest BCUT2D eigenvalue weighted by Crippen LogP contribution is 2.43. The number of allylic oxidation sites excluding steroid dienone is 1. The van der Waals surface area contributed by atoms with Crippen molar-refractivity contribution in [3.05, 3.63) is 104 Å². The molecule has 5 rings (SSSR count). The van der Waals surface area contributed by atoms with E-state index in [1.165, 1.54) is 11.1 Å². The van der Waals surface area contributed by atoms with E-state index in [9.17, 15) is 14.3 Å². The van der Waals surface area contributed by atoms with Gasteiger partial charge >= 0.3 is 5.97 Å². The van der Waals surface area contributed by atoms with Gasteiger partial charge in [-0.15, -0.1) is 0 Å². The molecule has 0 unspecified atom stereocenters. The number of benzene rings is 3. The van der Waals surface area contributed by atoms with Gasteiger partial charge in [-0.1, -0.05) is 53.5 Å². The smallest absolute Gasteiger partial charge is 0.335 e. The van der Waals surface area contributed by atoms with Gasteiger partial charge < -0.3 is 10.0 Å². The van der Waals surface area contributed by atoms with Gasteiger partial charge in [0.15, 0.2) is 0 Å². The van der Waals surface area contributed by atoms with Crippen molar-refractivity contribution in [1.29, 1.82) is 0 Å². The van der Waals surface area contributed by atoms with Gasteiger partial charge in [0.05, 0.1) is 12.2 Å². The van der Waals surface area contributed by atoms with Crippen LogP contribution in [0.15, 0.2) is 54.6 Å². The molecule has 1 heterocycles. The van der Waals surface area contributed by atoms with Crippen LogP contribution in [0.4, 0.5) is 4.39 Å². The summed E-state index contributed by atoms with van der Waals surface area (Å²) in [5.74, 6) is -0.307. The molecule has 0 aromatic heterocycles. The Kier molecular flexibility index (Phi) is 8.23. The SMILES string of the molecule is Cc1cc(CC2CN(CCCF)C2)ccc1C1=C(c2ccc(Cl)cc2Cl)CCCc2cc(C(=O)O)ccc21. The van der Waals surface area contributed by atoms with E-state index in [0.717, 1.165) is 78.7 Å². The number of carboxylic acid groups (broad SMARTS) is 1. The molecule has 1 fully saturated rings. The standard InChI is InChI=1S/C32H32Cl2FNO2/c1-20-14-21(15-22-18-36(19-22)13-3-12-35)6-9-26(20)31-27-10-7-24(32(37)38)16-23(27)4-2-5-29(31)28-11-8-25(33)17-30(28)34/h6-11,14,16-17,22H,2-5,12-13,15,18-19H2,1H3,(H,37,38). The Balaban J connectivity index is 1.55. The largest absolute Gasteiger partial charge is 0.478 e. The summed E-state index contributed by atoms with van der Waals surface area (Å²) in [6.45, 7) is 4.81. The summed E-state index contributed by atoms with van der Waals surface area (Å²) in [5.41, 5.74) is 9.29. The second-order valence-electron chi connectivity index (χ2n) is 10.5. The Morgan fingerprint density at radius 3 is 2.47 bits per heavy atom. The highest BCUT2D eigenvalue weighted by atomic mass is 35.5. The topological polar surface area (TPSA) is 40.5 Å². The highest BCUT2D eigenvalue weighted by molar-refractivity contribution is 6.36. The van der Waals surface area contributed by atoms with Crippen LogP contribution in [0.2, 0.25) is 10.0 Å². The van der Waals surface area contributed by atoms with Crippen LogP contribution in [0.3, 0.4) is 0 Å². The van der Waals surface area contributed by atoms with Crippen molar-refractivity contribution in [2.24, 2.45) is 5.92 Å². The number of halogens is 3. The number of fused-ring (bicyclic) bond motifs is 1. The van der Waals surface area contributed by atoms with Gasteiger partial charge in [0, 0.05) is 29.7 Å². The van der Waals surface area contributed by atoms with Gasteiger partial charge in [0.25, 0.3) is 0 Å². The Hall–Kier alpha value is -2.66. The maximum atomic E-state index is 12.5. The number of hydrogen-bond acceptors (Lipinski definition) is 2. The summed E-state index contributed by atoms with van der Waals surface area (Å²) >= 11 is 13.0. The number of likely N-dealkylation sites (tertiary alicyclic amines) is 1. The van der Waals surface area contributed by atoms with Crippen molar-refractivity contribution in [2.45, 2.75) is 39.0 Å². The molecule has 1 aliphatic heterocycles. The van der Waals surface area contributed by atoms with Gasteiger partial charge in [-0.3, -0.25) is 4.39 Å². The first-order valence-electron chi connectivity index (χ1n) is 13.3. The van der Waals surface area contributed by atoms with Crippen LogP contribution < -0.4 is 0 Å². The summed E-state index contributed by atoms with van der Waals surface area (Å²) in [6, 6.07) is 17.8. The Labute approximate surface area is 233 Å². The lowest BCUT2D eigenvalue weighted by atomic mass is 9.84. The van der Waals surface area contributed by atoms with Gasteiger partial charge in [0.1, 0.15) is 0 Å². The summed E-state index contributed by atoms with van der Waals surface area (Å²) in [5, 5.41) is 10.8. The molecule has 3 aromatic rings. The number of hydrogen-bond donors (Lipinski definition) is 1. The Morgan fingerprint density at radius 2 is 1.76 bits per heavy atom. The zero-order chi connectivity index (χ0) is 26.8. The average Bonchev–Trinajstić information content (AvgIpc) is 3.04. The molecule has 2 aliphatic rings. The third-order valence-corrected chi connectivity index (χ3v) is 8.33. The number of rotatable bonds is 8. The third kappa shape index (κ3) is 5.68. The van der Waals surface area contributed by atoms with Gasteiger partial charge in [-0.2, -0.15) is 0 Å². The number of nitrogens with zero attached hydrogens (tertiary/aromatic N) is 1. The molecule has 0 amide bonds. The summed E-state index contributed by atoms with van der Waals surface area (Å²) < 4.78 is 12.5. The van der Waals surface area contributed by atoms with Crippen molar-refractivity contribution in [1.82, 2.24) is 4.90 Å². The second kappa shape index (κ2) is 11.6. The molecule has 1 N–H and O–H groups in total. The van der Waals surface area contributed by atoms with Crippen LogP contribution in [-0.4, -0.2) is 42.3 Å². The van der Waals surface area contributed by atoms with Crippen molar-refractivity contribution >= 4 is 40.3 Å². The molecule has 0 bridgehead atoms. The molecule has 0 saturated carbocycles. The lowest BCUT2D eigenvalue weighted by Gasteiger charge is -2.39. The first kappa shape index (κ1) is 26.9. The van der Waals surface area contributed by atoms with Crippen molar-refractivity contribution in [3.63, 3.8) is 0 Å². The zero-order valence-corrected chi connectivity index (χ0v) is 23.1. The summed E-state index contributed by atoms with van der Waals surface area (Å²) in [7, 11) is 0. The Bertz CT molecular complexity index is 1390. The van der Waals surface area contributed by atoms with E-state index < -0.39 is 5.97 Å². The van der Waals surface area contributed by atoms with Gasteiger partial charge in [-0.05, 0) is 114 Å². The Morgan fingerprint density at radius 1 is 1.00 bits per heavy atom. The number of alkyl halides is 1. The number of aryl methyl sites for hydroxylation is 2. The first-order chi connectivity index (χ1) is 18.3. The number of carboxylic acids is 1. The van der Waals surface area contributed by atoms with Crippen LogP contribution in [0, 0.1) is 12.8 Å². The van der Waals surface area contributed by atoms with E-state index in [1.54, 1.807) is 12.1 Å². The van der Waals surface area contributed by atoms with Crippen molar-refractivity contribution in [2.75, 3.05) is 26.3 Å². The van der Waals surface area contributed by atoms with Gasteiger partial charge in [-0.25, -0.2) is 4.79 Å². The number of aromatic carboxylic acids is 1. The fourth-order valence-corrected chi connectivity index (χ4v) is 6.49. The zero-order valence-electron chi connectivity index (χ0n) is 21.6. The molecule has 3 nitrogen and oxygen atoms in total. The lowest BCUT2D eigenvalue weighted by Crippen LogP contribution is -2.47. The molecular weight excluding hydrogens is 520 g/mol. The maximum Gasteiger partial charge on any atom is 0.335 e. The minimum absolute atomic E-state index is 0.248. The van der Waals surface area contributed by atoms with E-state index in [-0.39, 0.29) is 6.67 Å². The van der Waals surface area contributed by atoms with E-state index in [2.05, 4.69) is 30.0 Å². The fourth-order valence-electron chi connectivity index (χ4n) is 5.97. The van der Waals surface area contributed by atoms with Crippen molar-refractivity contribution in [3.8, 4) is 0 Å².